The third-order valence-corrected chi connectivity index (χ3v) is 6.58. The van der Waals surface area contributed by atoms with Gasteiger partial charge < -0.3 is 10.4 Å². The third-order valence-electron chi connectivity index (χ3n) is 6.33. The number of aromatic hydroxyl groups is 1. The van der Waals surface area contributed by atoms with Gasteiger partial charge in [0, 0.05) is 16.8 Å². The van der Waals surface area contributed by atoms with Gasteiger partial charge in [-0.25, -0.2) is 0 Å². The van der Waals surface area contributed by atoms with Crippen molar-refractivity contribution in [3.63, 3.8) is 0 Å². The molecule has 0 spiro atoms. The molecule has 5 rings (SSSR count). The molecule has 2 atom stereocenters. The number of para-hydroxylation sites is 1. The van der Waals surface area contributed by atoms with Crippen LogP contribution in [0.15, 0.2) is 101 Å². The minimum Gasteiger partial charge on any atom is -0.502 e. The summed E-state index contributed by atoms with van der Waals surface area (Å²) >= 11 is 6.17. The van der Waals surface area contributed by atoms with E-state index in [4.69, 9.17) is 11.6 Å². The van der Waals surface area contributed by atoms with Crippen LogP contribution in [0.3, 0.4) is 0 Å². The summed E-state index contributed by atoms with van der Waals surface area (Å²) in [5, 5.41) is 19.6. The summed E-state index contributed by atoms with van der Waals surface area (Å²) in [6.45, 7) is 2.11. The molecular weight excluding hydrogens is 460 g/mol. The van der Waals surface area contributed by atoms with Crippen LogP contribution in [-0.2, 0) is 0 Å². The third kappa shape index (κ3) is 4.32. The van der Waals surface area contributed by atoms with Crippen molar-refractivity contribution in [3.8, 4) is 5.75 Å². The van der Waals surface area contributed by atoms with Crippen LogP contribution < -0.4 is 21.5 Å². The van der Waals surface area contributed by atoms with Gasteiger partial charge in [0.25, 0.3) is 10.9 Å². The van der Waals surface area contributed by atoms with E-state index in [1.54, 1.807) is 0 Å². The predicted octanol–water partition coefficient (Wildman–Crippen LogP) is 5.98. The first-order valence-electron chi connectivity index (χ1n) is 11.3. The Morgan fingerprint density at radius 1 is 0.771 bits per heavy atom. The maximum absolute atomic E-state index is 12.0. The van der Waals surface area contributed by atoms with Crippen molar-refractivity contribution < 1.29 is 5.11 Å². The van der Waals surface area contributed by atoms with Crippen LogP contribution in [0.4, 0.5) is 11.4 Å². The minimum atomic E-state index is -0.873. The lowest BCUT2D eigenvalue weighted by Gasteiger charge is -2.27. The molecule has 35 heavy (non-hydrogen) atoms. The molecular formula is C29H23ClN2O3. The molecule has 0 aliphatic heterocycles. The molecule has 5 aromatic rings. The van der Waals surface area contributed by atoms with E-state index >= 15 is 0 Å². The first-order chi connectivity index (χ1) is 16.9. The molecule has 6 heteroatoms. The summed E-state index contributed by atoms with van der Waals surface area (Å²) in [5.41, 5.74) is 1.93. The van der Waals surface area contributed by atoms with Crippen molar-refractivity contribution in [2.24, 2.45) is 0 Å². The number of hydrogen-bond donors (Lipinski definition) is 3. The summed E-state index contributed by atoms with van der Waals surface area (Å²) in [6, 6.07) is 29.3. The Morgan fingerprint density at radius 3 is 2.20 bits per heavy atom. The topological polar surface area (TPSA) is 78.4 Å². The van der Waals surface area contributed by atoms with E-state index in [9.17, 15) is 14.7 Å². The quantitative estimate of drug-likeness (QED) is 0.249. The maximum Gasteiger partial charge on any atom is 0.271 e. The second kappa shape index (κ2) is 9.37. The lowest BCUT2D eigenvalue weighted by molar-refractivity contribution is 0.466. The number of halogens is 1. The molecule has 0 aliphatic carbocycles. The second-order valence-corrected chi connectivity index (χ2v) is 8.97. The van der Waals surface area contributed by atoms with Crippen molar-refractivity contribution in [2.75, 3.05) is 5.32 Å². The van der Waals surface area contributed by atoms with Crippen molar-refractivity contribution in [1.82, 2.24) is 5.32 Å². The van der Waals surface area contributed by atoms with Gasteiger partial charge in [0.15, 0.2) is 5.75 Å². The van der Waals surface area contributed by atoms with E-state index in [0.29, 0.717) is 10.7 Å². The van der Waals surface area contributed by atoms with Gasteiger partial charge in [0.2, 0.25) is 0 Å². The number of benzene rings is 4. The first-order valence-corrected chi connectivity index (χ1v) is 11.7. The molecule has 5 nitrogen and oxygen atoms in total. The fraction of sp³-hybridized carbons (Fsp3) is 0.103. The molecule has 0 radical (unpaired) electrons. The molecule has 0 fully saturated rings. The van der Waals surface area contributed by atoms with Gasteiger partial charge in [-0.15, -0.1) is 0 Å². The fourth-order valence-electron chi connectivity index (χ4n) is 4.48. The van der Waals surface area contributed by atoms with Gasteiger partial charge in [0.1, 0.15) is 5.69 Å². The average molecular weight is 483 g/mol. The molecule has 0 aromatic heterocycles. The summed E-state index contributed by atoms with van der Waals surface area (Å²) < 4.78 is 0. The molecule has 3 N–H and O–H groups in total. The number of anilines is 2. The molecule has 0 bridgehead atoms. The SMILES string of the molecule is CC(NC(c1ccc(Cl)cc1)c1ccccc1Nc1c(O)c(=O)c1=O)c1cccc2ccccc12. The highest BCUT2D eigenvalue weighted by Gasteiger charge is 2.24. The molecule has 0 saturated heterocycles. The summed E-state index contributed by atoms with van der Waals surface area (Å²) in [4.78, 5) is 23.5. The number of fused-ring (bicyclic) bond motifs is 1. The molecule has 0 saturated carbocycles. The molecule has 174 valence electrons. The van der Waals surface area contributed by atoms with Crippen molar-refractivity contribution in [2.45, 2.75) is 19.0 Å². The van der Waals surface area contributed by atoms with Gasteiger partial charge in [-0.05, 0) is 52.6 Å². The monoisotopic (exact) mass is 482 g/mol. The highest BCUT2D eigenvalue weighted by atomic mass is 35.5. The predicted molar refractivity (Wildman–Crippen MR) is 142 cm³/mol. The number of nitrogens with one attached hydrogen (secondary N) is 2. The fourth-order valence-corrected chi connectivity index (χ4v) is 4.61. The van der Waals surface area contributed by atoms with Crippen LogP contribution >= 0.6 is 11.6 Å². The largest absolute Gasteiger partial charge is 0.502 e. The zero-order valence-corrected chi connectivity index (χ0v) is 19.7. The van der Waals surface area contributed by atoms with Crippen molar-refractivity contribution in [3.05, 3.63) is 133 Å². The van der Waals surface area contributed by atoms with Gasteiger partial charge in [-0.2, -0.15) is 0 Å². The Bertz CT molecular complexity index is 1580. The van der Waals surface area contributed by atoms with E-state index in [-0.39, 0.29) is 17.8 Å². The Balaban J connectivity index is 1.57. The minimum absolute atomic E-state index is 0.0330. The summed E-state index contributed by atoms with van der Waals surface area (Å²) in [7, 11) is 0. The number of rotatable bonds is 7. The lowest BCUT2D eigenvalue weighted by atomic mass is 9.93. The van der Waals surface area contributed by atoms with E-state index in [1.807, 2.05) is 60.7 Å². The lowest BCUT2D eigenvalue weighted by Crippen LogP contribution is -2.33. The van der Waals surface area contributed by atoms with Crippen LogP contribution in [0.1, 0.15) is 35.7 Å². The first kappa shape index (κ1) is 22.8. The van der Waals surface area contributed by atoms with Crippen molar-refractivity contribution >= 4 is 33.7 Å². The number of hydrogen-bond acceptors (Lipinski definition) is 5. The smallest absolute Gasteiger partial charge is 0.271 e. The standard InChI is InChI=1S/C29H23ClN2O3/c1-17(21-11-6-8-18-7-2-3-9-22(18)21)31-25(19-13-15-20(30)16-14-19)23-10-4-5-12-24(23)32-26-27(33)29(35)28(26)34/h2-17,25,31-33H,1H3. The Kier molecular flexibility index (Phi) is 6.12. The summed E-state index contributed by atoms with van der Waals surface area (Å²) in [5.74, 6) is -0.537. The van der Waals surface area contributed by atoms with E-state index in [2.05, 4.69) is 47.9 Å². The van der Waals surface area contributed by atoms with Crippen LogP contribution in [0.2, 0.25) is 5.02 Å². The second-order valence-electron chi connectivity index (χ2n) is 8.54. The zero-order chi connectivity index (χ0) is 24.5. The van der Waals surface area contributed by atoms with E-state index in [1.165, 1.54) is 10.8 Å². The van der Waals surface area contributed by atoms with Crippen LogP contribution in [0, 0.1) is 0 Å². The highest BCUT2D eigenvalue weighted by Crippen LogP contribution is 2.35. The Hall–Kier alpha value is -3.93. The zero-order valence-electron chi connectivity index (χ0n) is 19.0. The van der Waals surface area contributed by atoms with Crippen LogP contribution in [-0.4, -0.2) is 5.11 Å². The summed E-state index contributed by atoms with van der Waals surface area (Å²) in [6.07, 6.45) is 0. The van der Waals surface area contributed by atoms with Gasteiger partial charge in [0.05, 0.1) is 6.04 Å². The molecule has 0 amide bonds. The molecule has 2 unspecified atom stereocenters. The van der Waals surface area contributed by atoms with Crippen molar-refractivity contribution in [1.29, 1.82) is 0 Å². The van der Waals surface area contributed by atoms with Crippen LogP contribution in [0.5, 0.6) is 5.75 Å². The Morgan fingerprint density at radius 2 is 1.43 bits per heavy atom. The molecule has 5 aromatic carbocycles. The van der Waals surface area contributed by atoms with E-state index < -0.39 is 16.6 Å². The normalized spacial score (nSPS) is 13.1. The molecule has 0 heterocycles. The van der Waals surface area contributed by atoms with Gasteiger partial charge in [-0.1, -0.05) is 84.4 Å². The van der Waals surface area contributed by atoms with Crippen LogP contribution in [0.25, 0.3) is 10.8 Å². The maximum atomic E-state index is 12.0. The van der Waals surface area contributed by atoms with Gasteiger partial charge in [-0.3, -0.25) is 14.9 Å². The average Bonchev–Trinajstić information content (AvgIpc) is 2.90. The highest BCUT2D eigenvalue weighted by molar-refractivity contribution is 6.30. The molecule has 0 aliphatic rings. The van der Waals surface area contributed by atoms with Gasteiger partial charge >= 0.3 is 0 Å². The van der Waals surface area contributed by atoms with E-state index in [0.717, 1.165) is 16.7 Å². The Labute approximate surface area is 207 Å².